The summed E-state index contributed by atoms with van der Waals surface area (Å²) in [5, 5.41) is 14.5. The molecule has 2 amide bonds. The molecule has 3 rings (SSSR count). The molecule has 0 aliphatic heterocycles. The average Bonchev–Trinajstić information content (AvgIpc) is 3.01. The summed E-state index contributed by atoms with van der Waals surface area (Å²) in [6.45, 7) is 1.82. The van der Waals surface area contributed by atoms with Gasteiger partial charge in [0, 0.05) is 11.3 Å². The van der Waals surface area contributed by atoms with Crippen molar-refractivity contribution < 1.29 is 9.59 Å². The zero-order valence-electron chi connectivity index (χ0n) is 13.5. The van der Waals surface area contributed by atoms with E-state index in [0.717, 1.165) is 10.6 Å². The third kappa shape index (κ3) is 4.71. The van der Waals surface area contributed by atoms with Gasteiger partial charge in [-0.25, -0.2) is 0 Å². The molecule has 2 N–H and O–H groups in total. The molecule has 1 aromatic heterocycles. The van der Waals surface area contributed by atoms with Gasteiger partial charge in [0.2, 0.25) is 11.0 Å². The van der Waals surface area contributed by atoms with E-state index in [9.17, 15) is 9.59 Å². The summed E-state index contributed by atoms with van der Waals surface area (Å²) in [6, 6.07) is 16.2. The van der Waals surface area contributed by atoms with Gasteiger partial charge >= 0.3 is 0 Å². The summed E-state index contributed by atoms with van der Waals surface area (Å²) in [7, 11) is 0. The summed E-state index contributed by atoms with van der Waals surface area (Å²) in [4.78, 5) is 24.2. The van der Waals surface area contributed by atoms with Crippen LogP contribution < -0.4 is 10.6 Å². The van der Waals surface area contributed by atoms with Gasteiger partial charge in [-0.3, -0.25) is 14.9 Å². The lowest BCUT2D eigenvalue weighted by atomic mass is 10.1. The molecule has 126 valence electrons. The predicted molar refractivity (Wildman–Crippen MR) is 97.8 cm³/mol. The molecule has 0 spiro atoms. The van der Waals surface area contributed by atoms with Gasteiger partial charge in [-0.2, -0.15) is 0 Å². The molecule has 0 aliphatic carbocycles. The molecule has 0 saturated carbocycles. The van der Waals surface area contributed by atoms with Crippen LogP contribution in [0.2, 0.25) is 0 Å². The molecular weight excluding hydrogens is 336 g/mol. The van der Waals surface area contributed by atoms with E-state index in [-0.39, 0.29) is 11.8 Å². The molecule has 0 bridgehead atoms. The number of aromatic nitrogens is 2. The third-order valence-electron chi connectivity index (χ3n) is 3.38. The maximum Gasteiger partial charge on any atom is 0.257 e. The number of anilines is 2. The van der Waals surface area contributed by atoms with Crippen molar-refractivity contribution >= 4 is 34.0 Å². The Morgan fingerprint density at radius 2 is 1.68 bits per heavy atom. The van der Waals surface area contributed by atoms with E-state index in [1.54, 1.807) is 24.3 Å². The van der Waals surface area contributed by atoms with Gasteiger partial charge in [-0.05, 0) is 36.8 Å². The van der Waals surface area contributed by atoms with E-state index in [1.807, 2.05) is 37.3 Å². The van der Waals surface area contributed by atoms with Crippen LogP contribution >= 0.6 is 11.3 Å². The zero-order chi connectivity index (χ0) is 17.6. The Kier molecular flexibility index (Phi) is 5.15. The Hall–Kier alpha value is -3.06. The molecule has 2 aromatic carbocycles. The molecule has 1 heterocycles. The van der Waals surface area contributed by atoms with E-state index in [0.29, 0.717) is 22.8 Å². The van der Waals surface area contributed by atoms with E-state index >= 15 is 0 Å². The van der Waals surface area contributed by atoms with Crippen LogP contribution in [0.1, 0.15) is 20.9 Å². The minimum absolute atomic E-state index is 0.104. The van der Waals surface area contributed by atoms with E-state index in [4.69, 9.17) is 0 Å². The molecule has 3 aromatic rings. The van der Waals surface area contributed by atoms with Crippen molar-refractivity contribution in [1.82, 2.24) is 10.2 Å². The number of hydrogen-bond donors (Lipinski definition) is 2. The second-order valence-electron chi connectivity index (χ2n) is 5.37. The normalized spacial score (nSPS) is 10.3. The predicted octanol–water partition coefficient (Wildman–Crippen LogP) is 3.28. The van der Waals surface area contributed by atoms with Gasteiger partial charge in [0.15, 0.2) is 0 Å². The first kappa shape index (κ1) is 16.8. The number of amides is 2. The number of nitrogens with zero attached hydrogens (tertiary/aromatic N) is 2. The summed E-state index contributed by atoms with van der Waals surface area (Å²) in [6.07, 6.45) is 0.305. The SMILES string of the molecule is Cc1nnc(NC(=O)c2ccc(NC(=O)Cc3ccccc3)cc2)s1. The van der Waals surface area contributed by atoms with Crippen LogP contribution in [-0.2, 0) is 11.2 Å². The summed E-state index contributed by atoms with van der Waals surface area (Å²) in [5.74, 6) is -0.369. The molecule has 0 radical (unpaired) electrons. The number of hydrogen-bond acceptors (Lipinski definition) is 5. The van der Waals surface area contributed by atoms with Crippen LogP contribution in [0.4, 0.5) is 10.8 Å². The molecular formula is C18H16N4O2S. The Labute approximate surface area is 148 Å². The molecule has 0 aliphatic rings. The van der Waals surface area contributed by atoms with Crippen LogP contribution in [-0.4, -0.2) is 22.0 Å². The minimum atomic E-state index is -0.265. The van der Waals surface area contributed by atoms with Crippen molar-refractivity contribution in [2.24, 2.45) is 0 Å². The van der Waals surface area contributed by atoms with Crippen LogP contribution in [0, 0.1) is 6.92 Å². The number of nitrogens with one attached hydrogen (secondary N) is 2. The maximum atomic E-state index is 12.1. The molecule has 0 unspecified atom stereocenters. The summed E-state index contributed by atoms with van der Waals surface area (Å²) >= 11 is 1.31. The molecule has 0 atom stereocenters. The zero-order valence-corrected chi connectivity index (χ0v) is 14.3. The smallest absolute Gasteiger partial charge is 0.257 e. The Morgan fingerprint density at radius 3 is 2.32 bits per heavy atom. The quantitative estimate of drug-likeness (QED) is 0.738. The van der Waals surface area contributed by atoms with Crippen LogP contribution in [0.25, 0.3) is 0 Å². The monoisotopic (exact) mass is 352 g/mol. The van der Waals surface area contributed by atoms with Crippen LogP contribution in [0.3, 0.4) is 0 Å². The van der Waals surface area contributed by atoms with Gasteiger partial charge in [0.25, 0.3) is 5.91 Å². The second kappa shape index (κ2) is 7.67. The van der Waals surface area contributed by atoms with Gasteiger partial charge in [0.05, 0.1) is 6.42 Å². The fourth-order valence-corrected chi connectivity index (χ4v) is 2.79. The number of rotatable bonds is 5. The van der Waals surface area contributed by atoms with Crippen molar-refractivity contribution in [2.45, 2.75) is 13.3 Å². The fourth-order valence-electron chi connectivity index (χ4n) is 2.21. The van der Waals surface area contributed by atoms with Crippen LogP contribution in [0.15, 0.2) is 54.6 Å². The highest BCUT2D eigenvalue weighted by molar-refractivity contribution is 7.15. The maximum absolute atomic E-state index is 12.1. The first-order chi connectivity index (χ1) is 12.1. The first-order valence-corrected chi connectivity index (χ1v) is 8.47. The Bertz CT molecular complexity index is 876. The van der Waals surface area contributed by atoms with Gasteiger partial charge in [-0.1, -0.05) is 41.7 Å². The van der Waals surface area contributed by atoms with E-state index < -0.39 is 0 Å². The summed E-state index contributed by atoms with van der Waals surface area (Å²) < 4.78 is 0. The Morgan fingerprint density at radius 1 is 0.960 bits per heavy atom. The molecule has 6 nitrogen and oxygen atoms in total. The lowest BCUT2D eigenvalue weighted by Gasteiger charge is -2.06. The number of benzene rings is 2. The lowest BCUT2D eigenvalue weighted by molar-refractivity contribution is -0.115. The fraction of sp³-hybridized carbons (Fsp3) is 0.111. The van der Waals surface area contributed by atoms with Gasteiger partial charge < -0.3 is 5.32 Å². The topological polar surface area (TPSA) is 84.0 Å². The average molecular weight is 352 g/mol. The highest BCUT2D eigenvalue weighted by atomic mass is 32.1. The number of carbonyl (C=O) groups is 2. The Balaban J connectivity index is 1.58. The standard InChI is InChI=1S/C18H16N4O2S/c1-12-21-22-18(25-12)20-17(24)14-7-9-15(10-8-14)19-16(23)11-13-5-3-2-4-6-13/h2-10H,11H2,1H3,(H,19,23)(H,20,22,24). The van der Waals surface area contributed by atoms with Crippen molar-refractivity contribution in [2.75, 3.05) is 10.6 Å². The number of aryl methyl sites for hydroxylation is 1. The van der Waals surface area contributed by atoms with Crippen molar-refractivity contribution in [3.05, 3.63) is 70.7 Å². The second-order valence-corrected chi connectivity index (χ2v) is 6.55. The molecule has 0 fully saturated rings. The molecule has 7 heteroatoms. The number of carbonyl (C=O) groups excluding carboxylic acids is 2. The van der Waals surface area contributed by atoms with E-state index in [2.05, 4.69) is 20.8 Å². The van der Waals surface area contributed by atoms with Gasteiger partial charge in [-0.15, -0.1) is 10.2 Å². The summed E-state index contributed by atoms with van der Waals surface area (Å²) in [5.41, 5.74) is 2.07. The van der Waals surface area contributed by atoms with Crippen molar-refractivity contribution in [1.29, 1.82) is 0 Å². The molecule has 0 saturated heterocycles. The van der Waals surface area contributed by atoms with Crippen LogP contribution in [0.5, 0.6) is 0 Å². The van der Waals surface area contributed by atoms with Crippen molar-refractivity contribution in [3.8, 4) is 0 Å². The van der Waals surface area contributed by atoms with Gasteiger partial charge in [0.1, 0.15) is 5.01 Å². The van der Waals surface area contributed by atoms with Crippen molar-refractivity contribution in [3.63, 3.8) is 0 Å². The first-order valence-electron chi connectivity index (χ1n) is 7.65. The largest absolute Gasteiger partial charge is 0.326 e. The third-order valence-corrected chi connectivity index (χ3v) is 4.14. The molecule has 25 heavy (non-hydrogen) atoms. The van der Waals surface area contributed by atoms with E-state index in [1.165, 1.54) is 11.3 Å². The highest BCUT2D eigenvalue weighted by Gasteiger charge is 2.10. The lowest BCUT2D eigenvalue weighted by Crippen LogP contribution is -2.15. The highest BCUT2D eigenvalue weighted by Crippen LogP contribution is 2.16. The minimum Gasteiger partial charge on any atom is -0.326 e.